The molecule has 0 bridgehead atoms. The van der Waals surface area contributed by atoms with Crippen molar-refractivity contribution < 1.29 is 18.3 Å². The number of hydrogen-bond donors (Lipinski definition) is 3. The van der Waals surface area contributed by atoms with Crippen LogP contribution < -0.4 is 10.2 Å². The van der Waals surface area contributed by atoms with Gasteiger partial charge in [0.15, 0.2) is 0 Å². The van der Waals surface area contributed by atoms with Crippen LogP contribution in [0.1, 0.15) is 55.8 Å². The van der Waals surface area contributed by atoms with Gasteiger partial charge in [-0.25, -0.2) is 4.98 Å². The Morgan fingerprint density at radius 3 is 2.29 bits per heavy atom. The molecule has 1 aromatic heterocycles. The molecule has 9 nitrogen and oxygen atoms in total. The first-order chi connectivity index (χ1) is 19.8. The number of nitriles is 2. The normalized spacial score (nSPS) is 23.6. The number of carbonyl (C=O) groups excluding carboxylic acids is 1. The maximum atomic E-state index is 13.5. The van der Waals surface area contributed by atoms with Gasteiger partial charge in [0, 0.05) is 41.7 Å². The standard InChI is InChI=1S/C31H33N5O4S/c32-19-21-5-7-23(8-6-21)30-34-27(22-9-11-24(12-10-22)36-15-17-41(38,39)18-16-36)28(40-30)25-3-1-2-4-26(25)29(37)35-31(20-33)13-14-31/h5-12,25-26,38-39H,1-4,13-18H2,(H,35,37)/t25-,26-/m1/s1. The second-order valence-corrected chi connectivity index (χ2v) is 13.8. The van der Waals surface area contributed by atoms with E-state index in [-0.39, 0.29) is 17.7 Å². The fraction of sp³-hybridized carbons (Fsp3) is 0.419. The summed E-state index contributed by atoms with van der Waals surface area (Å²) in [5.74, 6) is 1.25. The Kier molecular flexibility index (Phi) is 7.25. The van der Waals surface area contributed by atoms with Gasteiger partial charge in [-0.2, -0.15) is 21.1 Å². The van der Waals surface area contributed by atoms with Crippen molar-refractivity contribution >= 4 is 22.2 Å². The number of nitrogens with zero attached hydrogens (tertiary/aromatic N) is 4. The third kappa shape index (κ3) is 5.69. The monoisotopic (exact) mass is 571 g/mol. The van der Waals surface area contributed by atoms with E-state index in [1.165, 1.54) is 0 Å². The molecule has 2 heterocycles. The van der Waals surface area contributed by atoms with Gasteiger partial charge in [-0.05, 0) is 62.1 Å². The van der Waals surface area contributed by atoms with Crippen LogP contribution in [0.15, 0.2) is 52.9 Å². The van der Waals surface area contributed by atoms with E-state index in [0.29, 0.717) is 60.3 Å². The van der Waals surface area contributed by atoms with Crippen LogP contribution in [-0.4, -0.2) is 50.1 Å². The summed E-state index contributed by atoms with van der Waals surface area (Å²) in [5.41, 5.74) is 3.13. The summed E-state index contributed by atoms with van der Waals surface area (Å²) in [5, 5.41) is 21.8. The lowest BCUT2D eigenvalue weighted by Gasteiger charge is -2.41. The molecule has 212 valence electrons. The fourth-order valence-electron chi connectivity index (χ4n) is 5.89. The summed E-state index contributed by atoms with van der Waals surface area (Å²) < 4.78 is 26.5. The van der Waals surface area contributed by atoms with Crippen LogP contribution in [0.3, 0.4) is 0 Å². The van der Waals surface area contributed by atoms with Crippen molar-refractivity contribution in [2.75, 3.05) is 29.5 Å². The second-order valence-electron chi connectivity index (χ2n) is 11.3. The highest BCUT2D eigenvalue weighted by Gasteiger charge is 2.47. The molecule has 1 saturated heterocycles. The van der Waals surface area contributed by atoms with Gasteiger partial charge in [0.1, 0.15) is 17.0 Å². The largest absolute Gasteiger partial charge is 0.440 e. The van der Waals surface area contributed by atoms with Crippen molar-refractivity contribution in [2.45, 2.75) is 50.0 Å². The van der Waals surface area contributed by atoms with Crippen LogP contribution in [0, 0.1) is 28.6 Å². The molecule has 2 saturated carbocycles. The van der Waals surface area contributed by atoms with Gasteiger partial charge in [-0.3, -0.25) is 13.9 Å². The number of aromatic nitrogens is 1. The summed E-state index contributed by atoms with van der Waals surface area (Å²) in [6.07, 6.45) is 4.78. The topological polar surface area (TPSA) is 146 Å². The molecule has 0 unspecified atom stereocenters. The lowest BCUT2D eigenvalue weighted by molar-refractivity contribution is -0.127. The molecule has 3 aromatic rings. The number of nitrogens with one attached hydrogen (secondary N) is 1. The Bertz CT molecular complexity index is 1510. The maximum Gasteiger partial charge on any atom is 0.226 e. The van der Waals surface area contributed by atoms with E-state index in [4.69, 9.17) is 9.40 Å². The van der Waals surface area contributed by atoms with E-state index >= 15 is 0 Å². The molecule has 1 aliphatic heterocycles. The van der Waals surface area contributed by atoms with E-state index in [0.717, 1.165) is 42.5 Å². The number of carbonyl (C=O) groups is 1. The number of amides is 1. The molecule has 2 atom stereocenters. The molecule has 3 aliphatic rings. The predicted molar refractivity (Wildman–Crippen MR) is 157 cm³/mol. The van der Waals surface area contributed by atoms with Crippen LogP contribution >= 0.6 is 10.6 Å². The first-order valence-electron chi connectivity index (χ1n) is 14.1. The summed E-state index contributed by atoms with van der Waals surface area (Å²) in [6, 6.07) is 19.5. The van der Waals surface area contributed by atoms with Crippen molar-refractivity contribution in [3.63, 3.8) is 0 Å². The lowest BCUT2D eigenvalue weighted by Crippen LogP contribution is -2.42. The van der Waals surface area contributed by atoms with Gasteiger partial charge in [-0.1, -0.05) is 25.0 Å². The zero-order valence-electron chi connectivity index (χ0n) is 22.8. The van der Waals surface area contributed by atoms with Gasteiger partial charge in [0.05, 0.1) is 29.2 Å². The smallest absolute Gasteiger partial charge is 0.226 e. The third-order valence-electron chi connectivity index (χ3n) is 8.56. The molecule has 3 fully saturated rings. The molecule has 2 aromatic carbocycles. The second kappa shape index (κ2) is 10.9. The lowest BCUT2D eigenvalue weighted by atomic mass is 9.76. The Morgan fingerprint density at radius 2 is 1.66 bits per heavy atom. The van der Waals surface area contributed by atoms with Crippen molar-refractivity contribution in [3.05, 3.63) is 59.9 Å². The van der Waals surface area contributed by atoms with Gasteiger partial charge in [-0.15, -0.1) is 0 Å². The summed E-state index contributed by atoms with van der Waals surface area (Å²) in [7, 11) is -2.48. The number of rotatable bonds is 6. The van der Waals surface area contributed by atoms with Gasteiger partial charge in [0.25, 0.3) is 0 Å². The fourth-order valence-corrected chi connectivity index (χ4v) is 7.12. The molecule has 10 heteroatoms. The van der Waals surface area contributed by atoms with Gasteiger partial charge >= 0.3 is 0 Å². The van der Waals surface area contributed by atoms with Crippen molar-refractivity contribution in [1.82, 2.24) is 10.3 Å². The van der Waals surface area contributed by atoms with Gasteiger partial charge in [0.2, 0.25) is 11.8 Å². The maximum absolute atomic E-state index is 13.5. The zero-order valence-corrected chi connectivity index (χ0v) is 23.6. The van der Waals surface area contributed by atoms with Crippen LogP contribution in [0.25, 0.3) is 22.7 Å². The van der Waals surface area contributed by atoms with E-state index in [1.54, 1.807) is 12.1 Å². The molecule has 3 N–H and O–H groups in total. The Balaban J connectivity index is 1.34. The summed E-state index contributed by atoms with van der Waals surface area (Å²) in [4.78, 5) is 20.5. The molecular weight excluding hydrogens is 538 g/mol. The molecule has 0 spiro atoms. The quantitative estimate of drug-likeness (QED) is 0.332. The van der Waals surface area contributed by atoms with Crippen molar-refractivity contribution in [2.24, 2.45) is 5.92 Å². The number of oxazole rings is 1. The predicted octanol–water partition coefficient (Wildman–Crippen LogP) is 5.90. The third-order valence-corrected chi connectivity index (χ3v) is 10.2. The average Bonchev–Trinajstić information content (AvgIpc) is 3.63. The molecule has 0 radical (unpaired) electrons. The van der Waals surface area contributed by atoms with Crippen molar-refractivity contribution in [3.8, 4) is 34.8 Å². The molecule has 1 amide bonds. The Labute approximate surface area is 241 Å². The van der Waals surface area contributed by atoms with Crippen LogP contribution in [0.5, 0.6) is 0 Å². The van der Waals surface area contributed by atoms with Gasteiger partial charge < -0.3 is 14.6 Å². The molecule has 41 heavy (non-hydrogen) atoms. The summed E-state index contributed by atoms with van der Waals surface area (Å²) >= 11 is 0. The number of hydrogen-bond acceptors (Lipinski definition) is 8. The Hall–Kier alpha value is -3.83. The van der Waals surface area contributed by atoms with Crippen LogP contribution in [0.2, 0.25) is 0 Å². The average molecular weight is 572 g/mol. The van der Waals surface area contributed by atoms with Crippen LogP contribution in [0.4, 0.5) is 5.69 Å². The van der Waals surface area contributed by atoms with E-state index in [2.05, 4.69) is 22.4 Å². The minimum Gasteiger partial charge on any atom is -0.440 e. The highest BCUT2D eigenvalue weighted by molar-refractivity contribution is 8.24. The molecule has 6 rings (SSSR count). The van der Waals surface area contributed by atoms with E-state index in [1.807, 2.05) is 36.4 Å². The number of benzene rings is 2. The molecular formula is C31H33N5O4S. The highest BCUT2D eigenvalue weighted by Crippen LogP contribution is 2.45. The minimum atomic E-state index is -2.48. The SMILES string of the molecule is N#Cc1ccc(-c2nc(-c3ccc(N4CCS(O)(O)CC4)cc3)c([C@@H]3CCCC[C@H]3C(=O)NC3(C#N)CC3)o2)cc1. The number of anilines is 1. The van der Waals surface area contributed by atoms with E-state index in [9.17, 15) is 24.4 Å². The first-order valence-corrected chi connectivity index (χ1v) is 16.0. The first kappa shape index (κ1) is 27.3. The summed E-state index contributed by atoms with van der Waals surface area (Å²) in [6.45, 7) is 1.17. The highest BCUT2D eigenvalue weighted by atomic mass is 32.3. The van der Waals surface area contributed by atoms with Crippen molar-refractivity contribution in [1.29, 1.82) is 10.5 Å². The zero-order chi connectivity index (χ0) is 28.6. The van der Waals surface area contributed by atoms with Crippen LogP contribution in [-0.2, 0) is 4.79 Å². The Morgan fingerprint density at radius 1 is 1.00 bits per heavy atom. The molecule has 2 aliphatic carbocycles. The minimum absolute atomic E-state index is 0.0950. The van der Waals surface area contributed by atoms with E-state index < -0.39 is 16.1 Å².